The number of rotatable bonds is 3. The first-order chi connectivity index (χ1) is 14.2. The van der Waals surface area contributed by atoms with Crippen LogP contribution in [0.15, 0.2) is 49.1 Å². The van der Waals surface area contributed by atoms with E-state index in [1.807, 2.05) is 31.3 Å². The minimum absolute atomic E-state index is 0.0761. The zero-order chi connectivity index (χ0) is 19.8. The zero-order valence-electron chi connectivity index (χ0n) is 15.9. The van der Waals surface area contributed by atoms with Crippen LogP contribution in [0.25, 0.3) is 11.3 Å². The molecule has 2 bridgehead atoms. The number of hydrogen-bond donors (Lipinski definition) is 2. The fourth-order valence-electron chi connectivity index (χ4n) is 3.89. The van der Waals surface area contributed by atoms with Crippen molar-refractivity contribution in [2.75, 3.05) is 40.6 Å². The third kappa shape index (κ3) is 3.10. The van der Waals surface area contributed by atoms with E-state index in [2.05, 4.69) is 30.5 Å². The van der Waals surface area contributed by atoms with Crippen LogP contribution in [0.5, 0.6) is 0 Å². The normalized spacial score (nSPS) is 17.1. The van der Waals surface area contributed by atoms with Crippen LogP contribution in [-0.2, 0) is 0 Å². The molecular weight excluding hydrogens is 368 g/mol. The van der Waals surface area contributed by atoms with Gasteiger partial charge in [-0.3, -0.25) is 15.2 Å². The van der Waals surface area contributed by atoms with Crippen molar-refractivity contribution in [3.63, 3.8) is 0 Å². The van der Waals surface area contributed by atoms with Gasteiger partial charge in [-0.25, -0.2) is 19.7 Å². The first-order valence-electron chi connectivity index (χ1n) is 9.49. The molecule has 2 aliphatic rings. The number of nitrogens with zero attached hydrogens (tertiary/aromatic N) is 6. The summed E-state index contributed by atoms with van der Waals surface area (Å²) in [6, 6.07) is 7.72. The summed E-state index contributed by atoms with van der Waals surface area (Å²) in [6.07, 6.45) is 7.30. The molecule has 0 radical (unpaired) electrons. The number of carbonyl (C=O) groups excluding carboxylic acids is 1. The molecule has 3 aromatic heterocycles. The van der Waals surface area contributed by atoms with E-state index in [9.17, 15) is 4.79 Å². The van der Waals surface area contributed by atoms with Gasteiger partial charge in [0.25, 0.3) is 0 Å². The smallest absolute Gasteiger partial charge is 0.329 e. The Bertz CT molecular complexity index is 1060. The molecule has 29 heavy (non-hydrogen) atoms. The molecule has 5 heterocycles. The van der Waals surface area contributed by atoms with Gasteiger partial charge in [0.1, 0.15) is 5.82 Å². The van der Waals surface area contributed by atoms with Crippen molar-refractivity contribution in [1.82, 2.24) is 19.9 Å². The molecule has 9 heteroatoms. The van der Waals surface area contributed by atoms with Gasteiger partial charge >= 0.3 is 6.03 Å². The number of nitrogens with one attached hydrogen (secondary N) is 2. The van der Waals surface area contributed by atoms with Gasteiger partial charge in [0.2, 0.25) is 0 Å². The van der Waals surface area contributed by atoms with Crippen LogP contribution in [0, 0.1) is 0 Å². The molecule has 0 spiro atoms. The van der Waals surface area contributed by atoms with Gasteiger partial charge in [0, 0.05) is 44.3 Å². The lowest BCUT2D eigenvalue weighted by atomic mass is 10.1. The third-order valence-corrected chi connectivity index (χ3v) is 5.28. The highest BCUT2D eigenvalue weighted by atomic mass is 16.2. The maximum atomic E-state index is 13.1. The van der Waals surface area contributed by atoms with Crippen molar-refractivity contribution in [3.8, 4) is 11.3 Å². The number of hydrogen-bond acceptors (Lipinski definition) is 7. The monoisotopic (exact) mass is 388 g/mol. The Morgan fingerprint density at radius 2 is 2.03 bits per heavy atom. The molecule has 146 valence electrons. The molecule has 1 saturated heterocycles. The van der Waals surface area contributed by atoms with E-state index in [4.69, 9.17) is 4.98 Å². The number of anilines is 4. The maximum Gasteiger partial charge on any atom is 0.329 e. The van der Waals surface area contributed by atoms with Gasteiger partial charge in [-0.15, -0.1) is 0 Å². The average molecular weight is 388 g/mol. The van der Waals surface area contributed by atoms with Crippen molar-refractivity contribution >= 4 is 29.2 Å². The Labute approximate surface area is 167 Å². The molecule has 0 aliphatic carbocycles. The number of fused-ring (bicyclic) bond motifs is 4. The van der Waals surface area contributed by atoms with Crippen molar-refractivity contribution in [3.05, 3.63) is 49.1 Å². The lowest BCUT2D eigenvalue weighted by Gasteiger charge is -2.35. The Kier molecular flexibility index (Phi) is 4.19. The summed E-state index contributed by atoms with van der Waals surface area (Å²) in [7, 11) is 1.83. The van der Waals surface area contributed by atoms with Crippen molar-refractivity contribution < 1.29 is 4.79 Å². The van der Waals surface area contributed by atoms with E-state index in [0.29, 0.717) is 11.6 Å². The quantitative estimate of drug-likeness (QED) is 0.711. The molecule has 3 aromatic rings. The molecular formula is C20H20N8O. The van der Waals surface area contributed by atoms with Gasteiger partial charge in [-0.1, -0.05) is 0 Å². The van der Waals surface area contributed by atoms with E-state index in [0.717, 1.165) is 42.3 Å². The summed E-state index contributed by atoms with van der Waals surface area (Å²) in [5, 5.41) is 5.89. The predicted molar refractivity (Wildman–Crippen MR) is 111 cm³/mol. The Hall–Kier alpha value is -3.75. The van der Waals surface area contributed by atoms with Crippen molar-refractivity contribution in [2.45, 2.75) is 12.5 Å². The minimum Gasteiger partial charge on any atom is -0.373 e. The second-order valence-corrected chi connectivity index (χ2v) is 7.00. The van der Waals surface area contributed by atoms with Crippen LogP contribution < -0.4 is 20.4 Å². The number of pyridine rings is 2. The molecule has 1 atom stereocenters. The SMILES string of the molecule is CNc1cc(-c2ccc3c(n2)N(C(=O)Nc2cnccn2)[C@H]2CCN3C2)ccn1. The lowest BCUT2D eigenvalue weighted by Crippen LogP contribution is -2.48. The second-order valence-electron chi connectivity index (χ2n) is 7.00. The summed E-state index contributed by atoms with van der Waals surface area (Å²) in [5.74, 6) is 1.85. The minimum atomic E-state index is -0.242. The van der Waals surface area contributed by atoms with E-state index in [1.54, 1.807) is 23.5 Å². The molecule has 0 aromatic carbocycles. The van der Waals surface area contributed by atoms with Crippen LogP contribution >= 0.6 is 0 Å². The van der Waals surface area contributed by atoms with Crippen LogP contribution in [0.4, 0.5) is 27.9 Å². The van der Waals surface area contributed by atoms with Gasteiger partial charge in [-0.05, 0) is 30.7 Å². The van der Waals surface area contributed by atoms with Crippen LogP contribution in [0.1, 0.15) is 6.42 Å². The first-order valence-corrected chi connectivity index (χ1v) is 9.49. The maximum absolute atomic E-state index is 13.1. The topological polar surface area (TPSA) is 99.2 Å². The summed E-state index contributed by atoms with van der Waals surface area (Å²) >= 11 is 0. The summed E-state index contributed by atoms with van der Waals surface area (Å²) in [5.41, 5.74) is 2.71. The van der Waals surface area contributed by atoms with Gasteiger partial charge in [-0.2, -0.15) is 0 Å². The van der Waals surface area contributed by atoms with Crippen LogP contribution in [-0.4, -0.2) is 52.1 Å². The van der Waals surface area contributed by atoms with Gasteiger partial charge < -0.3 is 10.2 Å². The Morgan fingerprint density at radius 1 is 1.14 bits per heavy atom. The van der Waals surface area contributed by atoms with Gasteiger partial charge in [0.15, 0.2) is 11.6 Å². The second kappa shape index (κ2) is 7.01. The highest BCUT2D eigenvalue weighted by molar-refractivity contribution is 6.04. The average Bonchev–Trinajstić information content (AvgIpc) is 3.18. The molecule has 2 aliphatic heterocycles. The number of aromatic nitrogens is 4. The van der Waals surface area contributed by atoms with Crippen LogP contribution in [0.2, 0.25) is 0 Å². The Morgan fingerprint density at radius 3 is 2.86 bits per heavy atom. The molecule has 2 N–H and O–H groups in total. The molecule has 0 unspecified atom stereocenters. The molecule has 2 amide bonds. The molecule has 1 fully saturated rings. The highest BCUT2D eigenvalue weighted by Crippen LogP contribution is 2.40. The van der Waals surface area contributed by atoms with Gasteiger partial charge in [0.05, 0.1) is 23.6 Å². The van der Waals surface area contributed by atoms with E-state index in [-0.39, 0.29) is 12.1 Å². The highest BCUT2D eigenvalue weighted by Gasteiger charge is 2.40. The summed E-state index contributed by atoms with van der Waals surface area (Å²) < 4.78 is 0. The summed E-state index contributed by atoms with van der Waals surface area (Å²) in [4.78, 5) is 34.5. The molecule has 0 saturated carbocycles. The zero-order valence-corrected chi connectivity index (χ0v) is 15.9. The number of carbonyl (C=O) groups is 1. The lowest BCUT2D eigenvalue weighted by molar-refractivity contribution is 0.254. The van der Waals surface area contributed by atoms with E-state index in [1.165, 1.54) is 6.20 Å². The number of urea groups is 1. The largest absolute Gasteiger partial charge is 0.373 e. The molecule has 9 nitrogen and oxygen atoms in total. The van der Waals surface area contributed by atoms with E-state index >= 15 is 0 Å². The fraction of sp³-hybridized carbons (Fsp3) is 0.250. The Balaban J connectivity index is 1.54. The van der Waals surface area contributed by atoms with Crippen molar-refractivity contribution in [1.29, 1.82) is 0 Å². The van der Waals surface area contributed by atoms with E-state index < -0.39 is 0 Å². The summed E-state index contributed by atoms with van der Waals surface area (Å²) in [6.45, 7) is 1.72. The predicted octanol–water partition coefficient (Wildman–Crippen LogP) is 2.61. The molecule has 5 rings (SSSR count). The standard InChI is InChI=1S/C20H20N8O/c1-21-17-10-13(4-6-23-17)15-2-3-16-19(25-15)28(14-5-9-27(16)12-14)20(29)26-18-11-22-7-8-24-18/h2-4,6-8,10-11,14H,5,9,12H2,1H3,(H,21,23)(H,24,26,29)/t14-/m0/s1. The third-order valence-electron chi connectivity index (χ3n) is 5.28. The fourth-order valence-corrected chi connectivity index (χ4v) is 3.89. The number of amides is 2. The van der Waals surface area contributed by atoms with Crippen LogP contribution in [0.3, 0.4) is 0 Å². The first kappa shape index (κ1) is 17.4. The van der Waals surface area contributed by atoms with Crippen molar-refractivity contribution in [2.24, 2.45) is 0 Å².